The fraction of sp³-hybridized carbons (Fsp3) is 0.133. The number of nitrogens with two attached hydrogens (primary N) is 2. The first-order chi connectivity index (χ1) is 9.47. The van der Waals surface area contributed by atoms with Crippen LogP contribution in [-0.4, -0.2) is 5.91 Å². The number of primary amides is 1. The average molecular weight is 335 g/mol. The maximum absolute atomic E-state index is 11.0. The Morgan fingerprint density at radius 1 is 1.20 bits per heavy atom. The lowest BCUT2D eigenvalue weighted by atomic mass is 10.1. The zero-order valence-electron chi connectivity index (χ0n) is 11.0. The van der Waals surface area contributed by atoms with E-state index in [1.165, 1.54) is 0 Å². The molecule has 4 N–H and O–H groups in total. The first-order valence-corrected chi connectivity index (χ1v) is 6.89. The minimum absolute atomic E-state index is 0.136. The first kappa shape index (κ1) is 14.6. The monoisotopic (exact) mass is 334 g/mol. The molecular formula is C15H15BrN2O2. The van der Waals surface area contributed by atoms with Gasteiger partial charge in [-0.15, -0.1) is 0 Å². The first-order valence-electron chi connectivity index (χ1n) is 6.10. The predicted octanol–water partition coefficient (Wildman–Crippen LogP) is 3.36. The van der Waals surface area contributed by atoms with Crippen molar-refractivity contribution >= 4 is 21.8 Å². The molecule has 4 nitrogen and oxygen atoms in total. The standard InChI is InChI=1S/C15H15BrN2O2/c1-9(17)13-7-4-11(16)8-14(13)20-12-5-2-10(3-6-12)15(18)19/h2-9H,17H2,1H3,(H2,18,19). The van der Waals surface area contributed by atoms with Gasteiger partial charge >= 0.3 is 0 Å². The highest BCUT2D eigenvalue weighted by atomic mass is 79.9. The van der Waals surface area contributed by atoms with Gasteiger partial charge in [0, 0.05) is 21.6 Å². The van der Waals surface area contributed by atoms with Crippen LogP contribution < -0.4 is 16.2 Å². The molecule has 0 fully saturated rings. The lowest BCUT2D eigenvalue weighted by Crippen LogP contribution is -2.10. The number of amides is 1. The molecule has 0 saturated heterocycles. The van der Waals surface area contributed by atoms with Crippen LogP contribution in [0.25, 0.3) is 0 Å². The number of hydrogen-bond acceptors (Lipinski definition) is 3. The van der Waals surface area contributed by atoms with E-state index in [9.17, 15) is 4.79 Å². The second-order valence-electron chi connectivity index (χ2n) is 4.46. The summed E-state index contributed by atoms with van der Waals surface area (Å²) in [6.07, 6.45) is 0. The normalized spacial score (nSPS) is 11.9. The van der Waals surface area contributed by atoms with Crippen molar-refractivity contribution in [3.8, 4) is 11.5 Å². The molecule has 0 aromatic heterocycles. The van der Waals surface area contributed by atoms with Gasteiger partial charge in [-0.25, -0.2) is 0 Å². The molecule has 5 heteroatoms. The highest BCUT2D eigenvalue weighted by Crippen LogP contribution is 2.31. The number of carbonyl (C=O) groups is 1. The molecule has 0 aliphatic carbocycles. The lowest BCUT2D eigenvalue weighted by Gasteiger charge is -2.14. The van der Waals surface area contributed by atoms with E-state index in [4.69, 9.17) is 16.2 Å². The summed E-state index contributed by atoms with van der Waals surface area (Å²) in [5.74, 6) is 0.839. The SMILES string of the molecule is CC(N)c1ccc(Br)cc1Oc1ccc(C(N)=O)cc1. The van der Waals surface area contributed by atoms with Gasteiger partial charge in [-0.05, 0) is 43.3 Å². The van der Waals surface area contributed by atoms with E-state index in [0.29, 0.717) is 17.1 Å². The van der Waals surface area contributed by atoms with E-state index >= 15 is 0 Å². The van der Waals surface area contributed by atoms with Crippen molar-refractivity contribution < 1.29 is 9.53 Å². The van der Waals surface area contributed by atoms with Gasteiger partial charge in [0.2, 0.25) is 5.91 Å². The third-order valence-corrected chi connectivity index (χ3v) is 3.33. The molecule has 104 valence electrons. The van der Waals surface area contributed by atoms with Crippen LogP contribution in [-0.2, 0) is 0 Å². The van der Waals surface area contributed by atoms with Crippen LogP contribution in [0.4, 0.5) is 0 Å². The summed E-state index contributed by atoms with van der Waals surface area (Å²) in [6.45, 7) is 1.90. The van der Waals surface area contributed by atoms with E-state index in [1.807, 2.05) is 25.1 Å². The van der Waals surface area contributed by atoms with Crippen LogP contribution in [0.5, 0.6) is 11.5 Å². The van der Waals surface area contributed by atoms with E-state index < -0.39 is 5.91 Å². The molecule has 20 heavy (non-hydrogen) atoms. The zero-order chi connectivity index (χ0) is 14.7. The van der Waals surface area contributed by atoms with Crippen molar-refractivity contribution in [1.29, 1.82) is 0 Å². The Kier molecular flexibility index (Phi) is 4.42. The number of carbonyl (C=O) groups excluding carboxylic acids is 1. The van der Waals surface area contributed by atoms with Gasteiger partial charge in [0.15, 0.2) is 0 Å². The molecule has 2 rings (SSSR count). The third-order valence-electron chi connectivity index (χ3n) is 2.83. The van der Waals surface area contributed by atoms with Crippen LogP contribution >= 0.6 is 15.9 Å². The highest BCUT2D eigenvalue weighted by molar-refractivity contribution is 9.10. The van der Waals surface area contributed by atoms with Gasteiger partial charge in [-0.1, -0.05) is 22.0 Å². The van der Waals surface area contributed by atoms with E-state index in [1.54, 1.807) is 24.3 Å². The third kappa shape index (κ3) is 3.37. The topological polar surface area (TPSA) is 78.3 Å². The fourth-order valence-corrected chi connectivity index (χ4v) is 2.13. The van der Waals surface area contributed by atoms with Crippen molar-refractivity contribution in [2.45, 2.75) is 13.0 Å². The van der Waals surface area contributed by atoms with Crippen molar-refractivity contribution in [3.05, 3.63) is 58.1 Å². The zero-order valence-corrected chi connectivity index (χ0v) is 12.6. The number of rotatable bonds is 4. The van der Waals surface area contributed by atoms with Crippen molar-refractivity contribution in [2.75, 3.05) is 0 Å². The summed E-state index contributed by atoms with van der Waals surface area (Å²) < 4.78 is 6.73. The number of hydrogen-bond donors (Lipinski definition) is 2. The average Bonchev–Trinajstić information content (AvgIpc) is 2.39. The molecule has 1 amide bonds. The maximum Gasteiger partial charge on any atom is 0.248 e. The molecule has 0 heterocycles. The number of benzene rings is 2. The van der Waals surface area contributed by atoms with Gasteiger partial charge in [-0.2, -0.15) is 0 Å². The molecular weight excluding hydrogens is 320 g/mol. The number of halogens is 1. The van der Waals surface area contributed by atoms with E-state index in [-0.39, 0.29) is 6.04 Å². The van der Waals surface area contributed by atoms with Crippen molar-refractivity contribution in [2.24, 2.45) is 11.5 Å². The molecule has 0 aliphatic heterocycles. The Bertz CT molecular complexity index is 624. The summed E-state index contributed by atoms with van der Waals surface area (Å²) in [7, 11) is 0. The Hall–Kier alpha value is -1.85. The van der Waals surface area contributed by atoms with E-state index in [2.05, 4.69) is 15.9 Å². The summed E-state index contributed by atoms with van der Waals surface area (Å²) in [6, 6.07) is 12.2. The maximum atomic E-state index is 11.0. The van der Waals surface area contributed by atoms with Gasteiger partial charge in [-0.3, -0.25) is 4.79 Å². The van der Waals surface area contributed by atoms with Gasteiger partial charge < -0.3 is 16.2 Å². The van der Waals surface area contributed by atoms with Gasteiger partial charge in [0.25, 0.3) is 0 Å². The molecule has 0 saturated carbocycles. The highest BCUT2D eigenvalue weighted by Gasteiger charge is 2.10. The summed E-state index contributed by atoms with van der Waals surface area (Å²) in [5.41, 5.74) is 12.5. The Labute approximate surface area is 125 Å². The minimum Gasteiger partial charge on any atom is -0.457 e. The smallest absolute Gasteiger partial charge is 0.248 e. The van der Waals surface area contributed by atoms with Crippen LogP contribution in [0.2, 0.25) is 0 Å². The Morgan fingerprint density at radius 2 is 1.85 bits per heavy atom. The predicted molar refractivity (Wildman–Crippen MR) is 81.8 cm³/mol. The molecule has 0 radical (unpaired) electrons. The van der Waals surface area contributed by atoms with Crippen molar-refractivity contribution in [3.63, 3.8) is 0 Å². The molecule has 0 bridgehead atoms. The second kappa shape index (κ2) is 6.07. The van der Waals surface area contributed by atoms with Gasteiger partial charge in [0.05, 0.1) is 0 Å². The molecule has 0 spiro atoms. The van der Waals surface area contributed by atoms with Gasteiger partial charge in [0.1, 0.15) is 11.5 Å². The Morgan fingerprint density at radius 3 is 2.40 bits per heavy atom. The number of ether oxygens (including phenoxy) is 1. The van der Waals surface area contributed by atoms with Crippen LogP contribution in [0.1, 0.15) is 28.9 Å². The molecule has 1 atom stereocenters. The largest absolute Gasteiger partial charge is 0.457 e. The quantitative estimate of drug-likeness (QED) is 0.899. The van der Waals surface area contributed by atoms with Crippen molar-refractivity contribution in [1.82, 2.24) is 0 Å². The molecule has 1 unspecified atom stereocenters. The van der Waals surface area contributed by atoms with Crippen LogP contribution in [0, 0.1) is 0 Å². The molecule has 2 aromatic rings. The van der Waals surface area contributed by atoms with Crippen LogP contribution in [0.15, 0.2) is 46.9 Å². The lowest BCUT2D eigenvalue weighted by molar-refractivity contribution is 0.100. The minimum atomic E-state index is -0.463. The fourth-order valence-electron chi connectivity index (χ4n) is 1.79. The molecule has 0 aliphatic rings. The van der Waals surface area contributed by atoms with E-state index in [0.717, 1.165) is 10.0 Å². The summed E-state index contributed by atoms with van der Waals surface area (Å²) >= 11 is 3.41. The second-order valence-corrected chi connectivity index (χ2v) is 5.38. The summed E-state index contributed by atoms with van der Waals surface area (Å²) in [5, 5.41) is 0. The summed E-state index contributed by atoms with van der Waals surface area (Å²) in [4.78, 5) is 11.0. The van der Waals surface area contributed by atoms with Crippen LogP contribution in [0.3, 0.4) is 0 Å². The Balaban J connectivity index is 2.29. The molecule has 2 aromatic carbocycles.